The molecule has 1 aromatic carbocycles. The lowest BCUT2D eigenvalue weighted by molar-refractivity contribution is -0.153. The number of halogens is 3. The highest BCUT2D eigenvalue weighted by Gasteiger charge is 2.29. The van der Waals surface area contributed by atoms with Gasteiger partial charge in [-0.05, 0) is 19.1 Å². The normalized spacial score (nSPS) is 15.5. The van der Waals surface area contributed by atoms with E-state index in [4.69, 9.17) is 4.74 Å². The number of hydrogen-bond acceptors (Lipinski definition) is 3. The largest absolute Gasteiger partial charge is 0.484 e. The van der Waals surface area contributed by atoms with Crippen molar-refractivity contribution in [3.05, 3.63) is 23.8 Å². The number of alkyl halides is 3. The van der Waals surface area contributed by atoms with Gasteiger partial charge in [-0.2, -0.15) is 24.9 Å². The molecule has 1 aliphatic rings. The number of rotatable bonds is 3. The van der Waals surface area contributed by atoms with E-state index in [0.29, 0.717) is 24.3 Å². The molecule has 0 bridgehead atoms. The summed E-state index contributed by atoms with van der Waals surface area (Å²) < 4.78 is 41.4. The Kier molecular flexibility index (Phi) is 5.44. The minimum Gasteiger partial charge on any atom is -0.484 e. The number of hydrogen-bond donors (Lipinski definition) is 1. The first kappa shape index (κ1) is 16.8. The Morgan fingerprint density at radius 1 is 1.36 bits per heavy atom. The fraction of sp³-hybridized carbons (Fsp3) is 0.500. The van der Waals surface area contributed by atoms with Gasteiger partial charge < -0.3 is 15.0 Å². The molecular weight excluding hydrogens is 317 g/mol. The zero-order valence-electron chi connectivity index (χ0n) is 12.1. The quantitative estimate of drug-likeness (QED) is 0.920. The van der Waals surface area contributed by atoms with E-state index in [1.807, 2.05) is 0 Å². The monoisotopic (exact) mass is 334 g/mol. The number of benzene rings is 1. The molecule has 2 amide bonds. The molecule has 0 unspecified atom stereocenters. The summed E-state index contributed by atoms with van der Waals surface area (Å²) in [4.78, 5) is 13.8. The summed E-state index contributed by atoms with van der Waals surface area (Å²) in [6.45, 7) is 1.60. The predicted octanol–water partition coefficient (Wildman–Crippen LogP) is 3.52. The third kappa shape index (κ3) is 4.72. The maximum absolute atomic E-state index is 12.2. The molecule has 122 valence electrons. The number of carbonyl (C=O) groups is 1. The predicted molar refractivity (Wildman–Crippen MR) is 80.6 cm³/mol. The standard InChI is InChI=1S/C14H17F3N2O2S/c1-10-11(18-13(20)19-5-7-22-8-6-19)3-2-4-12(10)21-9-14(15,16)17/h2-4H,5-9H2,1H3,(H,18,20). The van der Waals surface area contributed by atoms with Crippen LogP contribution in [-0.4, -0.2) is 48.3 Å². The third-order valence-corrected chi connectivity index (χ3v) is 4.16. The molecule has 0 atom stereocenters. The van der Waals surface area contributed by atoms with Crippen LogP contribution in [0.3, 0.4) is 0 Å². The van der Waals surface area contributed by atoms with Crippen molar-refractivity contribution in [3.8, 4) is 5.75 Å². The molecule has 2 rings (SSSR count). The molecule has 1 N–H and O–H groups in total. The van der Waals surface area contributed by atoms with Crippen molar-refractivity contribution in [3.63, 3.8) is 0 Å². The highest BCUT2D eigenvalue weighted by atomic mass is 32.2. The van der Waals surface area contributed by atoms with Gasteiger partial charge in [-0.25, -0.2) is 4.79 Å². The average Bonchev–Trinajstić information content (AvgIpc) is 2.48. The number of ether oxygens (including phenoxy) is 1. The first-order chi connectivity index (χ1) is 10.4. The summed E-state index contributed by atoms with van der Waals surface area (Å²) in [5.41, 5.74) is 0.939. The molecule has 0 aromatic heterocycles. The number of anilines is 1. The Balaban J connectivity index is 2.03. The summed E-state index contributed by atoms with van der Waals surface area (Å²) >= 11 is 1.79. The molecule has 0 aliphatic carbocycles. The first-order valence-electron chi connectivity index (χ1n) is 6.79. The maximum atomic E-state index is 12.2. The minimum absolute atomic E-state index is 0.115. The topological polar surface area (TPSA) is 41.6 Å². The lowest BCUT2D eigenvalue weighted by atomic mass is 10.2. The molecule has 1 aromatic rings. The zero-order valence-corrected chi connectivity index (χ0v) is 12.9. The smallest absolute Gasteiger partial charge is 0.422 e. The van der Waals surface area contributed by atoms with Crippen LogP contribution in [0.25, 0.3) is 0 Å². The fourth-order valence-electron chi connectivity index (χ4n) is 2.03. The zero-order chi connectivity index (χ0) is 16.2. The second-order valence-corrected chi connectivity index (χ2v) is 6.09. The van der Waals surface area contributed by atoms with Gasteiger partial charge in [0.15, 0.2) is 6.61 Å². The van der Waals surface area contributed by atoms with Gasteiger partial charge in [0, 0.05) is 35.8 Å². The van der Waals surface area contributed by atoms with Gasteiger partial charge in [0.2, 0.25) is 0 Å². The molecule has 1 heterocycles. The molecular formula is C14H17F3N2O2S. The van der Waals surface area contributed by atoms with Crippen molar-refractivity contribution in [1.29, 1.82) is 0 Å². The molecule has 0 radical (unpaired) electrons. The van der Waals surface area contributed by atoms with Gasteiger partial charge in [0.05, 0.1) is 0 Å². The lowest BCUT2D eigenvalue weighted by Crippen LogP contribution is -2.40. The van der Waals surface area contributed by atoms with Gasteiger partial charge in [0.25, 0.3) is 0 Å². The van der Waals surface area contributed by atoms with Crippen molar-refractivity contribution in [2.45, 2.75) is 13.1 Å². The number of carbonyl (C=O) groups excluding carboxylic acids is 1. The summed E-state index contributed by atoms with van der Waals surface area (Å²) in [7, 11) is 0. The molecule has 1 saturated heterocycles. The van der Waals surface area contributed by atoms with E-state index in [2.05, 4.69) is 5.32 Å². The van der Waals surface area contributed by atoms with Crippen molar-refractivity contribution in [1.82, 2.24) is 4.90 Å². The van der Waals surface area contributed by atoms with Gasteiger partial charge in [-0.15, -0.1) is 0 Å². The molecule has 1 fully saturated rings. The van der Waals surface area contributed by atoms with Gasteiger partial charge in [0.1, 0.15) is 5.75 Å². The van der Waals surface area contributed by atoms with Crippen molar-refractivity contribution >= 4 is 23.5 Å². The SMILES string of the molecule is Cc1c(NC(=O)N2CCSCC2)cccc1OCC(F)(F)F. The molecule has 1 aliphatic heterocycles. The van der Waals surface area contributed by atoms with Crippen LogP contribution < -0.4 is 10.1 Å². The van der Waals surface area contributed by atoms with Crippen LogP contribution in [0.4, 0.5) is 23.7 Å². The van der Waals surface area contributed by atoms with Gasteiger partial charge >= 0.3 is 12.2 Å². The van der Waals surface area contributed by atoms with Crippen LogP contribution in [-0.2, 0) is 0 Å². The number of amides is 2. The van der Waals surface area contributed by atoms with Crippen molar-refractivity contribution in [2.75, 3.05) is 36.5 Å². The van der Waals surface area contributed by atoms with Crippen LogP contribution in [0.15, 0.2) is 18.2 Å². The Morgan fingerprint density at radius 2 is 2.05 bits per heavy atom. The molecule has 4 nitrogen and oxygen atoms in total. The van der Waals surface area contributed by atoms with Crippen LogP contribution in [0, 0.1) is 6.92 Å². The Hall–Kier alpha value is -1.57. The Morgan fingerprint density at radius 3 is 2.68 bits per heavy atom. The van der Waals surface area contributed by atoms with Crippen LogP contribution in [0.2, 0.25) is 0 Å². The lowest BCUT2D eigenvalue weighted by Gasteiger charge is -2.27. The van der Waals surface area contributed by atoms with E-state index >= 15 is 0 Å². The molecule has 22 heavy (non-hydrogen) atoms. The highest BCUT2D eigenvalue weighted by molar-refractivity contribution is 7.99. The molecule has 0 saturated carbocycles. The van der Waals surface area contributed by atoms with E-state index in [1.165, 1.54) is 6.07 Å². The van der Waals surface area contributed by atoms with E-state index in [9.17, 15) is 18.0 Å². The summed E-state index contributed by atoms with van der Waals surface area (Å²) in [6.07, 6.45) is -4.39. The van der Waals surface area contributed by atoms with E-state index in [0.717, 1.165) is 11.5 Å². The van der Waals surface area contributed by atoms with Crippen LogP contribution in [0.1, 0.15) is 5.56 Å². The second-order valence-electron chi connectivity index (χ2n) is 4.86. The fourth-order valence-corrected chi connectivity index (χ4v) is 2.93. The van der Waals surface area contributed by atoms with Gasteiger partial charge in [-0.3, -0.25) is 0 Å². The van der Waals surface area contributed by atoms with Crippen LogP contribution >= 0.6 is 11.8 Å². The van der Waals surface area contributed by atoms with E-state index in [1.54, 1.807) is 35.7 Å². The average molecular weight is 334 g/mol. The highest BCUT2D eigenvalue weighted by Crippen LogP contribution is 2.27. The Labute approximate surface area is 131 Å². The van der Waals surface area contributed by atoms with Crippen molar-refractivity contribution in [2.24, 2.45) is 0 Å². The maximum Gasteiger partial charge on any atom is 0.422 e. The number of nitrogens with one attached hydrogen (secondary N) is 1. The minimum atomic E-state index is -4.39. The van der Waals surface area contributed by atoms with Crippen molar-refractivity contribution < 1.29 is 22.7 Å². The molecule has 8 heteroatoms. The summed E-state index contributed by atoms with van der Waals surface area (Å²) in [5, 5.41) is 2.73. The first-order valence-corrected chi connectivity index (χ1v) is 7.95. The number of thioether (sulfide) groups is 1. The van der Waals surface area contributed by atoms with E-state index < -0.39 is 12.8 Å². The van der Waals surface area contributed by atoms with Crippen LogP contribution in [0.5, 0.6) is 5.75 Å². The summed E-state index contributed by atoms with van der Waals surface area (Å²) in [6, 6.07) is 4.41. The van der Waals surface area contributed by atoms with Gasteiger partial charge in [-0.1, -0.05) is 6.07 Å². The van der Waals surface area contributed by atoms with E-state index in [-0.39, 0.29) is 11.8 Å². The second kappa shape index (κ2) is 7.13. The number of nitrogens with zero attached hydrogens (tertiary/aromatic N) is 1. The Bertz CT molecular complexity index is 531. The summed E-state index contributed by atoms with van der Waals surface area (Å²) in [5.74, 6) is 1.90. The molecule has 0 spiro atoms. The number of urea groups is 1. The third-order valence-electron chi connectivity index (χ3n) is 3.22.